The van der Waals surface area contributed by atoms with Crippen LogP contribution in [0.5, 0.6) is 0 Å². The minimum atomic E-state index is -0.609. The summed E-state index contributed by atoms with van der Waals surface area (Å²) < 4.78 is 0. The number of nitrogens with one attached hydrogen (secondary N) is 1. The van der Waals surface area contributed by atoms with Crippen molar-refractivity contribution in [2.45, 2.75) is 46.6 Å². The molecule has 2 N–H and O–H groups in total. The molecular formula is C13H30N2O. The highest BCUT2D eigenvalue weighted by Gasteiger charge is 2.23. The van der Waals surface area contributed by atoms with Crippen molar-refractivity contribution in [3.63, 3.8) is 0 Å². The van der Waals surface area contributed by atoms with E-state index in [0.717, 1.165) is 19.6 Å². The van der Waals surface area contributed by atoms with Gasteiger partial charge in [-0.2, -0.15) is 0 Å². The van der Waals surface area contributed by atoms with Crippen LogP contribution in [0.3, 0.4) is 0 Å². The van der Waals surface area contributed by atoms with Crippen LogP contribution < -0.4 is 5.32 Å². The molecule has 3 nitrogen and oxygen atoms in total. The third-order valence-electron chi connectivity index (χ3n) is 2.39. The monoisotopic (exact) mass is 230 g/mol. The first-order valence-electron chi connectivity index (χ1n) is 6.28. The van der Waals surface area contributed by atoms with Crippen LogP contribution in [0.2, 0.25) is 0 Å². The van der Waals surface area contributed by atoms with E-state index in [1.807, 2.05) is 13.8 Å². The molecule has 0 rings (SSSR count). The summed E-state index contributed by atoms with van der Waals surface area (Å²) in [6.07, 6.45) is 1.18. The molecule has 0 saturated carbocycles. The molecule has 0 aromatic heterocycles. The van der Waals surface area contributed by atoms with E-state index in [2.05, 4.69) is 38.0 Å². The number of hydrogen-bond acceptors (Lipinski definition) is 3. The summed E-state index contributed by atoms with van der Waals surface area (Å²) in [4.78, 5) is 2.20. The number of rotatable bonds is 8. The summed E-state index contributed by atoms with van der Waals surface area (Å²) in [6, 6.07) is 0. The van der Waals surface area contributed by atoms with Gasteiger partial charge in [-0.15, -0.1) is 0 Å². The topological polar surface area (TPSA) is 35.5 Å². The number of hydrogen-bond donors (Lipinski definition) is 2. The molecule has 3 heteroatoms. The molecule has 0 saturated heterocycles. The Morgan fingerprint density at radius 1 is 1.12 bits per heavy atom. The Kier molecular flexibility index (Phi) is 6.53. The van der Waals surface area contributed by atoms with Crippen LogP contribution in [0, 0.1) is 5.41 Å². The molecule has 98 valence electrons. The average Bonchev–Trinajstić information content (AvgIpc) is 1.98. The van der Waals surface area contributed by atoms with Crippen molar-refractivity contribution in [3.8, 4) is 0 Å². The van der Waals surface area contributed by atoms with Crippen molar-refractivity contribution in [1.82, 2.24) is 10.2 Å². The molecule has 16 heavy (non-hydrogen) atoms. The van der Waals surface area contributed by atoms with E-state index in [9.17, 15) is 5.11 Å². The van der Waals surface area contributed by atoms with E-state index < -0.39 is 5.60 Å². The lowest BCUT2D eigenvalue weighted by Crippen LogP contribution is -2.44. The fourth-order valence-corrected chi connectivity index (χ4v) is 2.11. The van der Waals surface area contributed by atoms with Crippen LogP contribution in [0.4, 0.5) is 0 Å². The van der Waals surface area contributed by atoms with Gasteiger partial charge in [0.2, 0.25) is 0 Å². The molecule has 0 unspecified atom stereocenters. The highest BCUT2D eigenvalue weighted by molar-refractivity contribution is 4.78. The van der Waals surface area contributed by atoms with Gasteiger partial charge in [0.25, 0.3) is 0 Å². The Morgan fingerprint density at radius 3 is 2.12 bits per heavy atom. The van der Waals surface area contributed by atoms with Gasteiger partial charge >= 0.3 is 0 Å². The lowest BCUT2D eigenvalue weighted by molar-refractivity contribution is 0.0340. The molecule has 0 aliphatic heterocycles. The third-order valence-corrected chi connectivity index (χ3v) is 2.39. The second-order valence-electron chi connectivity index (χ2n) is 6.33. The van der Waals surface area contributed by atoms with Gasteiger partial charge in [-0.25, -0.2) is 0 Å². The fraction of sp³-hybridized carbons (Fsp3) is 1.00. The summed E-state index contributed by atoms with van der Waals surface area (Å²) in [5.74, 6) is 0. The first kappa shape index (κ1) is 15.9. The molecule has 0 aliphatic rings. The van der Waals surface area contributed by atoms with Gasteiger partial charge in [-0.1, -0.05) is 20.8 Å². The van der Waals surface area contributed by atoms with Gasteiger partial charge in [0.05, 0.1) is 5.60 Å². The quantitative estimate of drug-likeness (QED) is 0.623. The number of aliphatic hydroxyl groups is 1. The lowest BCUT2D eigenvalue weighted by Gasteiger charge is -2.33. The predicted molar refractivity (Wildman–Crippen MR) is 70.7 cm³/mol. The lowest BCUT2D eigenvalue weighted by atomic mass is 9.92. The molecule has 0 atom stereocenters. The van der Waals surface area contributed by atoms with Gasteiger partial charge in [0.1, 0.15) is 0 Å². The summed E-state index contributed by atoms with van der Waals surface area (Å²) in [7, 11) is 2.07. The Hall–Kier alpha value is -0.120. The van der Waals surface area contributed by atoms with E-state index in [4.69, 9.17) is 0 Å². The zero-order chi connectivity index (χ0) is 12.8. The molecule has 0 radical (unpaired) electrons. The van der Waals surface area contributed by atoms with E-state index in [-0.39, 0.29) is 5.41 Å². The van der Waals surface area contributed by atoms with E-state index in [0.29, 0.717) is 6.54 Å². The molecular weight excluding hydrogens is 200 g/mol. The second kappa shape index (κ2) is 6.58. The van der Waals surface area contributed by atoms with Crippen LogP contribution in [-0.4, -0.2) is 48.8 Å². The maximum atomic E-state index is 9.74. The van der Waals surface area contributed by atoms with Crippen molar-refractivity contribution in [2.24, 2.45) is 5.41 Å². The van der Waals surface area contributed by atoms with Crippen molar-refractivity contribution in [1.29, 1.82) is 0 Å². The Balaban J connectivity index is 3.94. The van der Waals surface area contributed by atoms with Crippen LogP contribution >= 0.6 is 0 Å². The SMILES string of the molecule is CCCNCC(C)(C)CN(C)CC(C)(C)O. The van der Waals surface area contributed by atoms with Gasteiger partial charge in [0, 0.05) is 19.6 Å². The Labute approximate surface area is 101 Å². The van der Waals surface area contributed by atoms with Crippen molar-refractivity contribution < 1.29 is 5.11 Å². The largest absolute Gasteiger partial charge is 0.389 e. The first-order chi connectivity index (χ1) is 7.16. The minimum absolute atomic E-state index is 0.245. The van der Waals surface area contributed by atoms with Gasteiger partial charge < -0.3 is 15.3 Å². The summed E-state index contributed by atoms with van der Waals surface area (Å²) in [5, 5.41) is 13.2. The van der Waals surface area contributed by atoms with Crippen LogP contribution in [-0.2, 0) is 0 Å². The summed E-state index contributed by atoms with van der Waals surface area (Å²) in [5.41, 5.74) is -0.364. The van der Waals surface area contributed by atoms with Gasteiger partial charge in [-0.3, -0.25) is 0 Å². The van der Waals surface area contributed by atoms with Crippen molar-refractivity contribution in [3.05, 3.63) is 0 Å². The molecule has 0 aliphatic carbocycles. The summed E-state index contributed by atoms with van der Waals surface area (Å²) in [6.45, 7) is 14.2. The number of likely N-dealkylation sites (N-methyl/N-ethyl adjacent to an activating group) is 1. The molecule has 0 aromatic carbocycles. The molecule has 0 heterocycles. The molecule has 0 fully saturated rings. The molecule has 0 bridgehead atoms. The number of nitrogens with zero attached hydrogens (tertiary/aromatic N) is 1. The standard InChI is InChI=1S/C13H30N2O/c1-7-8-14-9-12(2,3)10-15(6)11-13(4,5)16/h14,16H,7-11H2,1-6H3. The Bertz CT molecular complexity index is 185. The first-order valence-corrected chi connectivity index (χ1v) is 6.28. The fourth-order valence-electron chi connectivity index (χ4n) is 2.11. The van der Waals surface area contributed by atoms with Gasteiger partial charge in [0.15, 0.2) is 0 Å². The average molecular weight is 230 g/mol. The summed E-state index contributed by atoms with van der Waals surface area (Å²) >= 11 is 0. The maximum Gasteiger partial charge on any atom is 0.0718 e. The maximum absolute atomic E-state index is 9.74. The van der Waals surface area contributed by atoms with Crippen molar-refractivity contribution >= 4 is 0 Å². The zero-order valence-corrected chi connectivity index (χ0v) is 11.9. The van der Waals surface area contributed by atoms with Crippen LogP contribution in [0.25, 0.3) is 0 Å². The minimum Gasteiger partial charge on any atom is -0.389 e. The van der Waals surface area contributed by atoms with Crippen LogP contribution in [0.15, 0.2) is 0 Å². The van der Waals surface area contributed by atoms with Crippen molar-refractivity contribution in [2.75, 3.05) is 33.2 Å². The molecule has 0 spiro atoms. The zero-order valence-electron chi connectivity index (χ0n) is 11.9. The van der Waals surface area contributed by atoms with Gasteiger partial charge in [-0.05, 0) is 39.3 Å². The highest BCUT2D eigenvalue weighted by Crippen LogP contribution is 2.16. The normalized spacial score (nSPS) is 13.5. The second-order valence-corrected chi connectivity index (χ2v) is 6.33. The molecule has 0 amide bonds. The molecule has 0 aromatic rings. The highest BCUT2D eigenvalue weighted by atomic mass is 16.3. The smallest absolute Gasteiger partial charge is 0.0718 e. The van der Waals surface area contributed by atoms with Crippen LogP contribution in [0.1, 0.15) is 41.0 Å². The van der Waals surface area contributed by atoms with E-state index in [1.165, 1.54) is 6.42 Å². The third kappa shape index (κ3) is 9.13. The van der Waals surface area contributed by atoms with E-state index >= 15 is 0 Å². The Morgan fingerprint density at radius 2 is 1.69 bits per heavy atom. The predicted octanol–water partition coefficient (Wildman–Crippen LogP) is 1.71. The van der Waals surface area contributed by atoms with E-state index in [1.54, 1.807) is 0 Å².